The molecular weight excluding hydrogens is 312 g/mol. The summed E-state index contributed by atoms with van der Waals surface area (Å²) in [6, 6.07) is 5.08. The standard InChI is InChI=1S/C13H17BrN2O3/c1-9(2)15-7-10(3)8-19-13-11(14)5-4-6-12(13)16(17)18/h4-6,9,15H,3,7-8H2,1-2H3. The zero-order valence-electron chi connectivity index (χ0n) is 11.0. The van der Waals surface area contributed by atoms with Gasteiger partial charge in [0.1, 0.15) is 6.61 Å². The number of hydrogen-bond acceptors (Lipinski definition) is 4. The molecule has 104 valence electrons. The largest absolute Gasteiger partial charge is 0.481 e. The van der Waals surface area contributed by atoms with E-state index in [0.29, 0.717) is 17.1 Å². The Labute approximate surface area is 120 Å². The molecule has 0 atom stereocenters. The molecular formula is C13H17BrN2O3. The minimum atomic E-state index is -0.463. The molecule has 0 aliphatic heterocycles. The van der Waals surface area contributed by atoms with Crippen LogP contribution in [0.15, 0.2) is 34.8 Å². The van der Waals surface area contributed by atoms with Crippen molar-refractivity contribution < 1.29 is 9.66 Å². The second-order valence-corrected chi connectivity index (χ2v) is 5.27. The summed E-state index contributed by atoms with van der Waals surface area (Å²) in [5.41, 5.74) is 0.776. The maximum atomic E-state index is 10.9. The van der Waals surface area contributed by atoms with Crippen LogP contribution >= 0.6 is 15.9 Å². The third-order valence-corrected chi connectivity index (χ3v) is 2.95. The van der Waals surface area contributed by atoms with Gasteiger partial charge in [-0.05, 0) is 27.6 Å². The van der Waals surface area contributed by atoms with Crippen LogP contribution < -0.4 is 10.1 Å². The van der Waals surface area contributed by atoms with E-state index in [0.717, 1.165) is 5.57 Å². The van der Waals surface area contributed by atoms with Crippen molar-refractivity contribution in [3.8, 4) is 5.75 Å². The average Bonchev–Trinajstić information content (AvgIpc) is 2.34. The van der Waals surface area contributed by atoms with Gasteiger partial charge in [0, 0.05) is 18.7 Å². The highest BCUT2D eigenvalue weighted by Crippen LogP contribution is 2.34. The third kappa shape index (κ3) is 5.00. The number of ether oxygens (including phenoxy) is 1. The lowest BCUT2D eigenvalue weighted by Crippen LogP contribution is -2.26. The number of para-hydroxylation sites is 1. The maximum Gasteiger partial charge on any atom is 0.312 e. The van der Waals surface area contributed by atoms with Gasteiger partial charge in [-0.25, -0.2) is 0 Å². The first-order valence-electron chi connectivity index (χ1n) is 5.87. The van der Waals surface area contributed by atoms with E-state index in [-0.39, 0.29) is 18.0 Å². The Morgan fingerprint density at radius 2 is 2.26 bits per heavy atom. The van der Waals surface area contributed by atoms with Crippen molar-refractivity contribution in [3.05, 3.63) is 44.9 Å². The van der Waals surface area contributed by atoms with E-state index in [1.807, 2.05) is 13.8 Å². The second kappa shape index (κ2) is 7.25. The molecule has 0 aromatic heterocycles. The van der Waals surface area contributed by atoms with E-state index in [9.17, 15) is 10.1 Å². The summed E-state index contributed by atoms with van der Waals surface area (Å²) < 4.78 is 6.06. The summed E-state index contributed by atoms with van der Waals surface area (Å²) in [5.74, 6) is 0.234. The Morgan fingerprint density at radius 1 is 1.58 bits per heavy atom. The molecule has 0 bridgehead atoms. The quantitative estimate of drug-likeness (QED) is 0.474. The van der Waals surface area contributed by atoms with Crippen LogP contribution in [0.3, 0.4) is 0 Å². The van der Waals surface area contributed by atoms with Gasteiger partial charge >= 0.3 is 5.69 Å². The highest BCUT2D eigenvalue weighted by atomic mass is 79.9. The molecule has 6 heteroatoms. The van der Waals surface area contributed by atoms with Crippen molar-refractivity contribution in [3.63, 3.8) is 0 Å². The van der Waals surface area contributed by atoms with Crippen LogP contribution in [0.25, 0.3) is 0 Å². The fraction of sp³-hybridized carbons (Fsp3) is 0.385. The van der Waals surface area contributed by atoms with Gasteiger partial charge in [-0.2, -0.15) is 0 Å². The molecule has 5 nitrogen and oxygen atoms in total. The monoisotopic (exact) mass is 328 g/mol. The van der Waals surface area contributed by atoms with Crippen LogP contribution in [0.4, 0.5) is 5.69 Å². The Hall–Kier alpha value is -1.40. The number of nitrogens with zero attached hydrogens (tertiary/aromatic N) is 1. The van der Waals surface area contributed by atoms with Gasteiger partial charge in [0.05, 0.1) is 9.40 Å². The molecule has 0 spiro atoms. The lowest BCUT2D eigenvalue weighted by atomic mass is 10.2. The molecule has 0 aliphatic carbocycles. The normalized spacial score (nSPS) is 10.5. The first-order chi connectivity index (χ1) is 8.91. The van der Waals surface area contributed by atoms with Gasteiger partial charge < -0.3 is 10.1 Å². The summed E-state index contributed by atoms with van der Waals surface area (Å²) in [7, 11) is 0. The summed E-state index contributed by atoms with van der Waals surface area (Å²) in [5, 5.41) is 14.1. The number of hydrogen-bond donors (Lipinski definition) is 1. The van der Waals surface area contributed by atoms with Crippen LogP contribution in [0.2, 0.25) is 0 Å². The summed E-state index contributed by atoms with van der Waals surface area (Å²) in [6.07, 6.45) is 0. The predicted molar refractivity (Wildman–Crippen MR) is 78.6 cm³/mol. The molecule has 0 amide bonds. The van der Waals surface area contributed by atoms with Crippen molar-refractivity contribution in [2.45, 2.75) is 19.9 Å². The van der Waals surface area contributed by atoms with Crippen molar-refractivity contribution in [1.29, 1.82) is 0 Å². The predicted octanol–water partition coefficient (Wildman–Crippen LogP) is 3.29. The number of benzene rings is 1. The molecule has 0 heterocycles. The van der Waals surface area contributed by atoms with Crippen molar-refractivity contribution in [2.24, 2.45) is 0 Å². The molecule has 1 aromatic rings. The minimum absolute atomic E-state index is 0.0565. The van der Waals surface area contributed by atoms with E-state index in [4.69, 9.17) is 4.74 Å². The topological polar surface area (TPSA) is 64.4 Å². The first kappa shape index (κ1) is 15.7. The second-order valence-electron chi connectivity index (χ2n) is 4.42. The summed E-state index contributed by atoms with van der Waals surface area (Å²) in [6.45, 7) is 8.80. The molecule has 1 aromatic carbocycles. The Kier molecular flexibility index (Phi) is 5.98. The molecule has 1 rings (SSSR count). The summed E-state index contributed by atoms with van der Waals surface area (Å²) in [4.78, 5) is 10.4. The number of halogens is 1. The highest BCUT2D eigenvalue weighted by molar-refractivity contribution is 9.10. The molecule has 0 radical (unpaired) electrons. The molecule has 1 N–H and O–H groups in total. The van der Waals surface area contributed by atoms with Gasteiger partial charge in [0.25, 0.3) is 0 Å². The van der Waals surface area contributed by atoms with Crippen molar-refractivity contribution in [1.82, 2.24) is 5.32 Å². The van der Waals surface area contributed by atoms with Crippen LogP contribution in [-0.4, -0.2) is 24.1 Å². The lowest BCUT2D eigenvalue weighted by Gasteiger charge is -2.12. The van der Waals surface area contributed by atoms with Crippen LogP contribution in [0.5, 0.6) is 5.75 Å². The van der Waals surface area contributed by atoms with E-state index in [1.165, 1.54) is 6.07 Å². The molecule has 0 saturated heterocycles. The van der Waals surface area contributed by atoms with Crippen LogP contribution in [0, 0.1) is 10.1 Å². The number of nitro benzene ring substituents is 1. The third-order valence-electron chi connectivity index (χ3n) is 2.32. The van der Waals surface area contributed by atoms with Crippen LogP contribution in [0.1, 0.15) is 13.8 Å². The van der Waals surface area contributed by atoms with Gasteiger partial charge in [-0.3, -0.25) is 10.1 Å². The van der Waals surface area contributed by atoms with E-state index in [1.54, 1.807) is 12.1 Å². The van der Waals surface area contributed by atoms with E-state index in [2.05, 4.69) is 27.8 Å². The smallest absolute Gasteiger partial charge is 0.312 e. The average molecular weight is 329 g/mol. The molecule has 0 aliphatic rings. The number of nitrogens with one attached hydrogen (secondary N) is 1. The van der Waals surface area contributed by atoms with Gasteiger partial charge in [-0.15, -0.1) is 0 Å². The molecule has 0 fully saturated rings. The maximum absolute atomic E-state index is 10.9. The summed E-state index contributed by atoms with van der Waals surface area (Å²) >= 11 is 3.25. The zero-order chi connectivity index (χ0) is 14.4. The van der Waals surface area contributed by atoms with Gasteiger partial charge in [-0.1, -0.05) is 26.5 Å². The Balaban J connectivity index is 2.67. The molecule has 0 unspecified atom stereocenters. The molecule has 19 heavy (non-hydrogen) atoms. The SMILES string of the molecule is C=C(CNC(C)C)COc1c(Br)cccc1[N+](=O)[O-]. The van der Waals surface area contributed by atoms with Crippen molar-refractivity contribution >= 4 is 21.6 Å². The Morgan fingerprint density at radius 3 is 2.84 bits per heavy atom. The fourth-order valence-corrected chi connectivity index (χ4v) is 1.83. The van der Waals surface area contributed by atoms with E-state index >= 15 is 0 Å². The molecule has 0 saturated carbocycles. The van der Waals surface area contributed by atoms with Gasteiger partial charge in [0.15, 0.2) is 0 Å². The first-order valence-corrected chi connectivity index (χ1v) is 6.67. The fourth-order valence-electron chi connectivity index (χ4n) is 1.36. The van der Waals surface area contributed by atoms with E-state index < -0.39 is 4.92 Å². The zero-order valence-corrected chi connectivity index (χ0v) is 12.6. The van der Waals surface area contributed by atoms with Crippen molar-refractivity contribution in [2.75, 3.05) is 13.2 Å². The Bertz CT molecular complexity index is 475. The highest BCUT2D eigenvalue weighted by Gasteiger charge is 2.17. The van der Waals surface area contributed by atoms with Crippen LogP contribution in [-0.2, 0) is 0 Å². The number of rotatable bonds is 7. The minimum Gasteiger partial charge on any atom is -0.481 e. The lowest BCUT2D eigenvalue weighted by molar-refractivity contribution is -0.385. The van der Waals surface area contributed by atoms with Gasteiger partial charge in [0.2, 0.25) is 5.75 Å². The number of nitro groups is 1.